The van der Waals surface area contributed by atoms with Gasteiger partial charge in [0.25, 0.3) is 5.91 Å². The van der Waals surface area contributed by atoms with Crippen molar-refractivity contribution in [3.8, 4) is 0 Å². The number of hydrogen-bond acceptors (Lipinski definition) is 7. The van der Waals surface area contributed by atoms with Crippen LogP contribution in [0.2, 0.25) is 0 Å². The normalized spacial score (nSPS) is 14.1. The van der Waals surface area contributed by atoms with Crippen LogP contribution in [0.5, 0.6) is 0 Å². The fourth-order valence-electron chi connectivity index (χ4n) is 1.92. The summed E-state index contributed by atoms with van der Waals surface area (Å²) < 4.78 is 0. The number of carbonyl (C=O) groups excluding carboxylic acids is 2. The van der Waals surface area contributed by atoms with Crippen LogP contribution >= 0.6 is 0 Å². The number of primary amides is 2. The minimum absolute atomic E-state index is 0.0165. The highest BCUT2D eigenvalue weighted by atomic mass is 32.1. The Morgan fingerprint density at radius 3 is 2.36 bits per heavy atom. The first-order valence-corrected chi connectivity index (χ1v) is 7.88. The van der Waals surface area contributed by atoms with Crippen molar-refractivity contribution in [2.45, 2.75) is 33.7 Å². The van der Waals surface area contributed by atoms with E-state index in [0.717, 1.165) is 0 Å². The van der Waals surface area contributed by atoms with Crippen molar-refractivity contribution >= 4 is 41.1 Å². The van der Waals surface area contributed by atoms with E-state index in [1.165, 1.54) is 12.3 Å². The van der Waals surface area contributed by atoms with Crippen LogP contribution in [0.3, 0.4) is 0 Å². The number of nitrogens with one attached hydrogen (secondary N) is 1. The SMILES string of the molecule is C/C(N)=C/C([SH2+])=Nc1nc(N[C@@H](C(N)=O)C(C)(C)C)cnc1C(N)=O. The van der Waals surface area contributed by atoms with E-state index in [4.69, 9.17) is 17.2 Å². The number of amides is 2. The van der Waals surface area contributed by atoms with E-state index >= 15 is 0 Å². The summed E-state index contributed by atoms with van der Waals surface area (Å²) in [4.78, 5) is 35.5. The molecule has 9 nitrogen and oxygen atoms in total. The van der Waals surface area contributed by atoms with Gasteiger partial charge in [-0.3, -0.25) is 9.59 Å². The molecule has 0 radical (unpaired) electrons. The van der Waals surface area contributed by atoms with Gasteiger partial charge in [0.2, 0.25) is 11.0 Å². The second-order valence-corrected chi connectivity index (χ2v) is 7.04. The molecule has 0 aliphatic rings. The minimum Gasteiger partial charge on any atom is -0.402 e. The van der Waals surface area contributed by atoms with Crippen molar-refractivity contribution < 1.29 is 9.59 Å². The Morgan fingerprint density at radius 1 is 1.32 bits per heavy atom. The van der Waals surface area contributed by atoms with Crippen LogP contribution in [0, 0.1) is 5.41 Å². The molecule has 136 valence electrons. The summed E-state index contributed by atoms with van der Waals surface area (Å²) in [5, 5.41) is 3.24. The van der Waals surface area contributed by atoms with E-state index in [1.54, 1.807) is 6.92 Å². The third-order valence-electron chi connectivity index (χ3n) is 3.02. The molecule has 1 atom stereocenters. The molecule has 0 aliphatic heterocycles. The lowest BCUT2D eigenvalue weighted by Crippen LogP contribution is -2.45. The van der Waals surface area contributed by atoms with Crippen molar-refractivity contribution in [1.82, 2.24) is 9.97 Å². The van der Waals surface area contributed by atoms with Crippen LogP contribution < -0.4 is 22.5 Å². The Kier molecular flexibility index (Phi) is 6.51. The number of nitrogens with two attached hydrogens (primary N) is 3. The van der Waals surface area contributed by atoms with Crippen molar-refractivity contribution in [1.29, 1.82) is 0 Å². The number of nitrogens with zero attached hydrogens (tertiary/aromatic N) is 3. The third-order valence-corrected chi connectivity index (χ3v) is 3.28. The molecular weight excluding hydrogens is 342 g/mol. The average Bonchev–Trinajstić information content (AvgIpc) is 2.41. The summed E-state index contributed by atoms with van der Waals surface area (Å²) in [6.45, 7) is 7.23. The highest BCUT2D eigenvalue weighted by Gasteiger charge is 2.30. The Hall–Kier alpha value is -2.62. The van der Waals surface area contributed by atoms with Gasteiger partial charge in [-0.05, 0) is 12.3 Å². The van der Waals surface area contributed by atoms with Crippen LogP contribution in [-0.4, -0.2) is 32.9 Å². The van der Waals surface area contributed by atoms with Crippen molar-refractivity contribution in [3.63, 3.8) is 0 Å². The van der Waals surface area contributed by atoms with Gasteiger partial charge >= 0.3 is 0 Å². The van der Waals surface area contributed by atoms with E-state index in [9.17, 15) is 9.59 Å². The highest BCUT2D eigenvalue weighted by Crippen LogP contribution is 2.24. The fraction of sp³-hybridized carbons (Fsp3) is 0.400. The van der Waals surface area contributed by atoms with Crippen LogP contribution in [0.15, 0.2) is 23.0 Å². The number of allylic oxidation sites excluding steroid dienone is 1. The average molecular weight is 366 g/mol. The second-order valence-electron chi connectivity index (χ2n) is 6.52. The molecule has 1 aromatic heterocycles. The van der Waals surface area contributed by atoms with Crippen molar-refractivity contribution in [2.24, 2.45) is 27.6 Å². The number of aliphatic imine (C=N–C) groups is 1. The molecule has 25 heavy (non-hydrogen) atoms. The van der Waals surface area contributed by atoms with Gasteiger partial charge < -0.3 is 22.5 Å². The molecule has 2 amide bonds. The predicted octanol–water partition coefficient (Wildman–Crippen LogP) is -0.209. The number of aromatic nitrogens is 2. The van der Waals surface area contributed by atoms with Crippen molar-refractivity contribution in [3.05, 3.63) is 23.7 Å². The van der Waals surface area contributed by atoms with Gasteiger partial charge in [0.1, 0.15) is 11.9 Å². The summed E-state index contributed by atoms with van der Waals surface area (Å²) in [7, 11) is 0. The topological polar surface area (TPSA) is 162 Å². The summed E-state index contributed by atoms with van der Waals surface area (Å²) in [6, 6.07) is -0.702. The first-order chi connectivity index (χ1) is 11.4. The van der Waals surface area contributed by atoms with Crippen molar-refractivity contribution in [2.75, 3.05) is 5.32 Å². The summed E-state index contributed by atoms with van der Waals surface area (Å²) in [5.41, 5.74) is 16.2. The maximum atomic E-state index is 11.7. The molecule has 0 spiro atoms. The molecule has 0 fully saturated rings. The number of anilines is 1. The third kappa shape index (κ3) is 6.07. The molecule has 0 unspecified atom stereocenters. The first-order valence-electron chi connectivity index (χ1n) is 7.38. The standard InChI is InChI=1S/C15H23N7O2S/c1-7(16)5-9(25)22-14-10(12(17)23)19-6-8(21-14)20-11(13(18)24)15(2,3)4/h5-6,11H,16H2,1-4H3,(H2,17,23)(H2,18,24)(H2,20,21,22,25)/p+1/b7-5-/t11-/m0/s1. The molecule has 0 bridgehead atoms. The Labute approximate surface area is 151 Å². The minimum atomic E-state index is -0.784. The van der Waals surface area contributed by atoms with E-state index in [0.29, 0.717) is 10.7 Å². The number of carbonyl (C=O) groups is 2. The molecule has 0 saturated carbocycles. The van der Waals surface area contributed by atoms with E-state index in [2.05, 4.69) is 32.9 Å². The zero-order valence-electron chi connectivity index (χ0n) is 14.6. The number of rotatable bonds is 6. The number of hydrogen-bond donors (Lipinski definition) is 4. The fourth-order valence-corrected chi connectivity index (χ4v) is 2.26. The summed E-state index contributed by atoms with van der Waals surface area (Å²) in [6.07, 6.45) is 2.82. The molecular formula is C15H24N7O2S+. The van der Waals surface area contributed by atoms with Gasteiger partial charge in [0, 0.05) is 24.4 Å². The Balaban J connectivity index is 3.33. The monoisotopic (exact) mass is 366 g/mol. The van der Waals surface area contributed by atoms with E-state index in [1.807, 2.05) is 20.8 Å². The van der Waals surface area contributed by atoms with Gasteiger partial charge in [-0.15, -0.1) is 0 Å². The summed E-state index contributed by atoms with van der Waals surface area (Å²) >= 11 is 3.26. The molecule has 0 aromatic carbocycles. The maximum absolute atomic E-state index is 11.7. The van der Waals surface area contributed by atoms with Crippen LogP contribution in [0.1, 0.15) is 38.2 Å². The smallest absolute Gasteiger partial charge is 0.271 e. The lowest BCUT2D eigenvalue weighted by molar-refractivity contribution is -0.120. The van der Waals surface area contributed by atoms with E-state index < -0.39 is 23.3 Å². The predicted molar refractivity (Wildman–Crippen MR) is 102 cm³/mol. The highest BCUT2D eigenvalue weighted by molar-refractivity contribution is 7.78. The van der Waals surface area contributed by atoms with Gasteiger partial charge in [-0.25, -0.2) is 9.97 Å². The second kappa shape index (κ2) is 7.97. The quantitative estimate of drug-likeness (QED) is 0.309. The molecule has 7 N–H and O–H groups in total. The van der Waals surface area contributed by atoms with E-state index in [-0.39, 0.29) is 17.3 Å². The van der Waals surface area contributed by atoms with Crippen LogP contribution in [0.25, 0.3) is 0 Å². The Bertz CT molecular complexity index is 734. The van der Waals surface area contributed by atoms with Crippen LogP contribution in [0.4, 0.5) is 11.6 Å². The largest absolute Gasteiger partial charge is 0.402 e. The van der Waals surface area contributed by atoms with Crippen LogP contribution in [-0.2, 0) is 17.4 Å². The Morgan fingerprint density at radius 2 is 1.92 bits per heavy atom. The summed E-state index contributed by atoms with van der Waals surface area (Å²) in [5.74, 6) is -1.11. The van der Waals surface area contributed by atoms with Gasteiger partial charge in [-0.2, -0.15) is 4.99 Å². The van der Waals surface area contributed by atoms with Gasteiger partial charge in [0.15, 0.2) is 11.5 Å². The maximum Gasteiger partial charge on any atom is 0.271 e. The zero-order valence-corrected chi connectivity index (χ0v) is 15.6. The lowest BCUT2D eigenvalue weighted by atomic mass is 9.86. The van der Waals surface area contributed by atoms with Gasteiger partial charge in [-0.1, -0.05) is 20.8 Å². The lowest BCUT2D eigenvalue weighted by Gasteiger charge is -2.29. The molecule has 1 heterocycles. The molecule has 1 aromatic rings. The molecule has 0 saturated heterocycles. The molecule has 10 heteroatoms. The first kappa shape index (κ1) is 20.4. The van der Waals surface area contributed by atoms with Gasteiger partial charge in [0.05, 0.1) is 6.20 Å². The molecule has 0 aliphatic carbocycles. The molecule has 1 rings (SSSR count). The zero-order chi connectivity index (χ0) is 19.4.